The lowest BCUT2D eigenvalue weighted by Crippen LogP contribution is -2.22. The van der Waals surface area contributed by atoms with Gasteiger partial charge >= 0.3 is 5.97 Å². The molecule has 0 aromatic heterocycles. The van der Waals surface area contributed by atoms with Gasteiger partial charge in [0.1, 0.15) is 17.2 Å². The monoisotopic (exact) mass is 393 g/mol. The Kier molecular flexibility index (Phi) is 5.99. The van der Waals surface area contributed by atoms with E-state index in [1.165, 1.54) is 12.1 Å². The van der Waals surface area contributed by atoms with Crippen molar-refractivity contribution in [3.8, 4) is 0 Å². The molecular weight excluding hydrogens is 387 g/mol. The average Bonchev–Trinajstić information content (AvgIpc) is 2.48. The second kappa shape index (κ2) is 7.79. The van der Waals surface area contributed by atoms with Crippen LogP contribution in [0.2, 0.25) is 15.1 Å². The van der Waals surface area contributed by atoms with E-state index in [-0.39, 0.29) is 20.8 Å². The first-order valence-corrected chi connectivity index (χ1v) is 7.48. The molecule has 0 aliphatic carbocycles. The third-order valence-electron chi connectivity index (χ3n) is 2.77. The molecule has 1 amide bonds. The lowest BCUT2D eigenvalue weighted by atomic mass is 10.2. The van der Waals surface area contributed by atoms with Gasteiger partial charge in [0.05, 0.1) is 15.7 Å². The Morgan fingerprint density at radius 1 is 1.04 bits per heavy atom. The number of halogens is 5. The SMILES string of the molecule is O=C(COC(=O)c1c(F)cccc1F)Nc1c(Cl)cc(Cl)cc1Cl. The average molecular weight is 395 g/mol. The number of ether oxygens (including phenoxy) is 1. The van der Waals surface area contributed by atoms with Crippen molar-refractivity contribution in [3.05, 3.63) is 62.6 Å². The van der Waals surface area contributed by atoms with Crippen molar-refractivity contribution in [2.24, 2.45) is 0 Å². The summed E-state index contributed by atoms with van der Waals surface area (Å²) in [4.78, 5) is 23.5. The van der Waals surface area contributed by atoms with Crippen molar-refractivity contribution in [2.75, 3.05) is 11.9 Å². The Bertz CT molecular complexity index is 771. The minimum absolute atomic E-state index is 0.0702. The van der Waals surface area contributed by atoms with Crippen molar-refractivity contribution >= 4 is 52.4 Å². The van der Waals surface area contributed by atoms with Crippen LogP contribution in [0.4, 0.5) is 14.5 Å². The Hall–Kier alpha value is -1.89. The summed E-state index contributed by atoms with van der Waals surface area (Å²) < 4.78 is 31.4. The number of benzene rings is 2. The number of hydrogen-bond donors (Lipinski definition) is 1. The number of hydrogen-bond acceptors (Lipinski definition) is 3. The first-order chi connectivity index (χ1) is 11.3. The van der Waals surface area contributed by atoms with E-state index in [1.54, 1.807) is 0 Å². The maximum Gasteiger partial charge on any atom is 0.344 e. The zero-order valence-electron chi connectivity index (χ0n) is 11.7. The number of anilines is 1. The molecule has 4 nitrogen and oxygen atoms in total. The number of esters is 1. The minimum Gasteiger partial charge on any atom is -0.452 e. The van der Waals surface area contributed by atoms with E-state index in [0.717, 1.165) is 18.2 Å². The van der Waals surface area contributed by atoms with Crippen LogP contribution in [-0.2, 0) is 9.53 Å². The molecule has 0 saturated carbocycles. The smallest absolute Gasteiger partial charge is 0.344 e. The van der Waals surface area contributed by atoms with E-state index in [1.807, 2.05) is 0 Å². The van der Waals surface area contributed by atoms with Crippen molar-refractivity contribution in [1.29, 1.82) is 0 Å². The quantitative estimate of drug-likeness (QED) is 0.763. The largest absolute Gasteiger partial charge is 0.452 e. The number of carbonyl (C=O) groups excluding carboxylic acids is 2. The van der Waals surface area contributed by atoms with Crippen LogP contribution in [0.3, 0.4) is 0 Å². The zero-order valence-corrected chi connectivity index (χ0v) is 14.0. The van der Waals surface area contributed by atoms with Gasteiger partial charge in [0.2, 0.25) is 0 Å². The van der Waals surface area contributed by atoms with Crippen LogP contribution in [-0.4, -0.2) is 18.5 Å². The van der Waals surface area contributed by atoms with E-state index in [9.17, 15) is 18.4 Å². The van der Waals surface area contributed by atoms with Gasteiger partial charge in [0.25, 0.3) is 5.91 Å². The standard InChI is InChI=1S/C15H8Cl3F2NO3/c16-7-4-8(17)14(9(18)5-7)21-12(22)6-24-15(23)13-10(19)2-1-3-11(13)20/h1-5H,6H2,(H,21,22). The van der Waals surface area contributed by atoms with Gasteiger partial charge in [-0.3, -0.25) is 4.79 Å². The third kappa shape index (κ3) is 4.35. The van der Waals surface area contributed by atoms with Crippen LogP contribution in [0.5, 0.6) is 0 Å². The molecule has 9 heteroatoms. The Morgan fingerprint density at radius 2 is 1.58 bits per heavy atom. The summed E-state index contributed by atoms with van der Waals surface area (Å²) in [6, 6.07) is 5.59. The maximum atomic E-state index is 13.4. The fourth-order valence-corrected chi connectivity index (χ4v) is 2.64. The normalized spacial score (nSPS) is 10.4. The molecule has 0 saturated heterocycles. The Labute approximate surface area is 150 Å². The van der Waals surface area contributed by atoms with E-state index < -0.39 is 35.7 Å². The molecular formula is C15H8Cl3F2NO3. The van der Waals surface area contributed by atoms with E-state index in [4.69, 9.17) is 34.8 Å². The van der Waals surface area contributed by atoms with Gasteiger partial charge in [-0.05, 0) is 24.3 Å². The lowest BCUT2D eigenvalue weighted by molar-refractivity contribution is -0.119. The van der Waals surface area contributed by atoms with Crippen LogP contribution in [0.25, 0.3) is 0 Å². The second-order valence-corrected chi connectivity index (χ2v) is 5.72. The topological polar surface area (TPSA) is 55.4 Å². The highest BCUT2D eigenvalue weighted by molar-refractivity contribution is 6.42. The molecule has 24 heavy (non-hydrogen) atoms. The van der Waals surface area contributed by atoms with Crippen LogP contribution < -0.4 is 5.32 Å². The molecule has 0 bridgehead atoms. The molecule has 0 radical (unpaired) electrons. The van der Waals surface area contributed by atoms with Gasteiger partial charge < -0.3 is 10.1 Å². The van der Waals surface area contributed by atoms with Crippen molar-refractivity contribution in [2.45, 2.75) is 0 Å². The van der Waals surface area contributed by atoms with Gasteiger partial charge in [0.15, 0.2) is 6.61 Å². The van der Waals surface area contributed by atoms with E-state index >= 15 is 0 Å². The van der Waals surface area contributed by atoms with E-state index in [0.29, 0.717) is 0 Å². The summed E-state index contributed by atoms with van der Waals surface area (Å²) in [6.07, 6.45) is 0. The number of amides is 1. The molecule has 0 aliphatic heterocycles. The summed E-state index contributed by atoms with van der Waals surface area (Å²) >= 11 is 17.5. The van der Waals surface area contributed by atoms with Crippen molar-refractivity contribution in [1.82, 2.24) is 0 Å². The molecule has 2 rings (SSSR count). The predicted octanol–water partition coefficient (Wildman–Crippen LogP) is 4.72. The number of rotatable bonds is 4. The molecule has 126 valence electrons. The summed E-state index contributed by atoms with van der Waals surface area (Å²) in [5, 5.41) is 2.74. The Morgan fingerprint density at radius 3 is 2.12 bits per heavy atom. The molecule has 2 aromatic rings. The van der Waals surface area contributed by atoms with Crippen LogP contribution in [0.15, 0.2) is 30.3 Å². The molecule has 0 atom stereocenters. The van der Waals surface area contributed by atoms with Crippen LogP contribution in [0.1, 0.15) is 10.4 Å². The van der Waals surface area contributed by atoms with Crippen molar-refractivity contribution in [3.63, 3.8) is 0 Å². The number of nitrogens with one attached hydrogen (secondary N) is 1. The van der Waals surface area contributed by atoms with Gasteiger partial charge in [-0.2, -0.15) is 0 Å². The first kappa shape index (κ1) is 18.4. The van der Waals surface area contributed by atoms with Crippen molar-refractivity contribution < 1.29 is 23.1 Å². The predicted molar refractivity (Wildman–Crippen MR) is 86.7 cm³/mol. The summed E-state index contributed by atoms with van der Waals surface area (Å²) in [5.41, 5.74) is -0.811. The highest BCUT2D eigenvalue weighted by Crippen LogP contribution is 2.33. The molecule has 0 unspecified atom stereocenters. The molecule has 0 aliphatic rings. The first-order valence-electron chi connectivity index (χ1n) is 6.35. The molecule has 0 heterocycles. The van der Waals surface area contributed by atoms with Gasteiger partial charge in [0, 0.05) is 5.02 Å². The highest BCUT2D eigenvalue weighted by atomic mass is 35.5. The second-order valence-electron chi connectivity index (χ2n) is 4.47. The molecule has 0 spiro atoms. The van der Waals surface area contributed by atoms with Crippen LogP contribution >= 0.6 is 34.8 Å². The maximum absolute atomic E-state index is 13.4. The fourth-order valence-electron chi connectivity index (χ4n) is 1.73. The van der Waals surface area contributed by atoms with Gasteiger partial charge in [-0.1, -0.05) is 40.9 Å². The summed E-state index contributed by atoms with van der Waals surface area (Å²) in [5.74, 6) is -4.30. The lowest BCUT2D eigenvalue weighted by Gasteiger charge is -2.10. The fraction of sp³-hybridized carbons (Fsp3) is 0.0667. The number of carbonyl (C=O) groups is 2. The third-order valence-corrected chi connectivity index (χ3v) is 3.59. The highest BCUT2D eigenvalue weighted by Gasteiger charge is 2.20. The summed E-state index contributed by atoms with van der Waals surface area (Å²) in [6.45, 7) is -0.790. The molecule has 2 aromatic carbocycles. The summed E-state index contributed by atoms with van der Waals surface area (Å²) in [7, 11) is 0. The van der Waals surface area contributed by atoms with Gasteiger partial charge in [-0.15, -0.1) is 0 Å². The van der Waals surface area contributed by atoms with Crippen LogP contribution in [0, 0.1) is 11.6 Å². The molecule has 1 N–H and O–H groups in total. The Balaban J connectivity index is 2.03. The van der Waals surface area contributed by atoms with Gasteiger partial charge in [-0.25, -0.2) is 13.6 Å². The minimum atomic E-state index is -1.31. The zero-order chi connectivity index (χ0) is 17.9. The van der Waals surface area contributed by atoms with E-state index in [2.05, 4.69) is 10.1 Å². The molecule has 0 fully saturated rings.